The SMILES string of the molecule is CCOc1ccc(/C(O)=C2\C(=O)C(=O)N(CCOCCO)[C@H]2c2cc(OC)ccc2OC)cc1. The molecule has 2 aromatic carbocycles. The Morgan fingerprint density at radius 1 is 1.00 bits per heavy atom. The summed E-state index contributed by atoms with van der Waals surface area (Å²) in [4.78, 5) is 27.5. The van der Waals surface area contributed by atoms with Crippen LogP contribution in [0.5, 0.6) is 17.2 Å². The molecule has 0 spiro atoms. The molecule has 1 amide bonds. The van der Waals surface area contributed by atoms with Crippen molar-refractivity contribution >= 4 is 17.4 Å². The fourth-order valence-corrected chi connectivity index (χ4v) is 3.85. The Bertz CT molecular complexity index is 1050. The van der Waals surface area contributed by atoms with Gasteiger partial charge in [0.2, 0.25) is 0 Å². The van der Waals surface area contributed by atoms with Crippen molar-refractivity contribution in [1.82, 2.24) is 4.90 Å². The van der Waals surface area contributed by atoms with Gasteiger partial charge in [-0.15, -0.1) is 0 Å². The van der Waals surface area contributed by atoms with Crippen molar-refractivity contribution in [3.8, 4) is 17.2 Å². The van der Waals surface area contributed by atoms with E-state index in [-0.39, 0.29) is 37.7 Å². The van der Waals surface area contributed by atoms with Crippen molar-refractivity contribution in [1.29, 1.82) is 0 Å². The molecule has 3 rings (SSSR count). The van der Waals surface area contributed by atoms with Gasteiger partial charge in [-0.05, 0) is 49.4 Å². The number of Topliss-reactive ketones (excluding diaryl/α,β-unsaturated/α-hetero) is 1. The van der Waals surface area contributed by atoms with E-state index in [2.05, 4.69) is 0 Å². The predicted octanol–water partition coefficient (Wildman–Crippen LogP) is 2.53. The quantitative estimate of drug-likeness (QED) is 0.222. The lowest BCUT2D eigenvalue weighted by molar-refractivity contribution is -0.140. The number of methoxy groups -OCH3 is 2. The van der Waals surface area contributed by atoms with E-state index in [1.165, 1.54) is 19.1 Å². The van der Waals surface area contributed by atoms with Gasteiger partial charge in [-0.25, -0.2) is 0 Å². The van der Waals surface area contributed by atoms with Crippen molar-refractivity contribution in [3.63, 3.8) is 0 Å². The molecular weight excluding hydrogens is 442 g/mol. The standard InChI is InChI=1S/C25H29NO8/c1-4-34-17-7-5-16(6-8-17)23(28)21-22(19-15-18(31-2)9-10-20(19)32-3)26(25(30)24(21)29)11-13-33-14-12-27/h5-10,15,22,27-28H,4,11-14H2,1-3H3/b23-21+/t22-/m0/s1. The summed E-state index contributed by atoms with van der Waals surface area (Å²) in [6.45, 7) is 2.45. The minimum atomic E-state index is -0.936. The molecule has 34 heavy (non-hydrogen) atoms. The number of carbonyl (C=O) groups is 2. The summed E-state index contributed by atoms with van der Waals surface area (Å²) in [5, 5.41) is 20.1. The van der Waals surface area contributed by atoms with Gasteiger partial charge < -0.3 is 34.1 Å². The van der Waals surface area contributed by atoms with E-state index in [1.807, 2.05) is 6.92 Å². The Kier molecular flexibility index (Phi) is 8.50. The summed E-state index contributed by atoms with van der Waals surface area (Å²) in [7, 11) is 2.99. The second-order valence-electron chi connectivity index (χ2n) is 7.39. The van der Waals surface area contributed by atoms with Gasteiger partial charge in [-0.1, -0.05) is 0 Å². The molecule has 2 aromatic rings. The lowest BCUT2D eigenvalue weighted by atomic mass is 9.94. The molecule has 0 unspecified atom stereocenters. The highest BCUT2D eigenvalue weighted by Gasteiger charge is 2.47. The molecule has 0 aliphatic carbocycles. The average molecular weight is 472 g/mol. The number of amides is 1. The fourth-order valence-electron chi connectivity index (χ4n) is 3.85. The summed E-state index contributed by atoms with van der Waals surface area (Å²) in [6, 6.07) is 10.7. The second kappa shape index (κ2) is 11.5. The van der Waals surface area contributed by atoms with Gasteiger partial charge in [0, 0.05) is 17.7 Å². The van der Waals surface area contributed by atoms with Crippen LogP contribution in [0.4, 0.5) is 0 Å². The van der Waals surface area contributed by atoms with Crippen molar-refractivity contribution in [2.24, 2.45) is 0 Å². The van der Waals surface area contributed by atoms with Crippen LogP contribution in [0.1, 0.15) is 24.1 Å². The van der Waals surface area contributed by atoms with Gasteiger partial charge in [0.1, 0.15) is 23.0 Å². The van der Waals surface area contributed by atoms with E-state index in [0.717, 1.165) is 0 Å². The molecule has 9 heteroatoms. The molecule has 0 bridgehead atoms. The van der Waals surface area contributed by atoms with Gasteiger partial charge >= 0.3 is 0 Å². The highest BCUT2D eigenvalue weighted by Crippen LogP contribution is 2.43. The molecule has 0 saturated carbocycles. The third-order valence-corrected chi connectivity index (χ3v) is 5.42. The number of ketones is 1. The molecule has 1 aliphatic rings. The Labute approximate surface area is 198 Å². The first-order valence-corrected chi connectivity index (χ1v) is 10.9. The lowest BCUT2D eigenvalue weighted by Crippen LogP contribution is -2.33. The van der Waals surface area contributed by atoms with Gasteiger partial charge in [0.15, 0.2) is 0 Å². The van der Waals surface area contributed by atoms with Crippen LogP contribution in [-0.4, -0.2) is 74.0 Å². The van der Waals surface area contributed by atoms with Crippen molar-refractivity contribution in [3.05, 3.63) is 59.2 Å². The number of ether oxygens (including phenoxy) is 4. The monoisotopic (exact) mass is 471 g/mol. The van der Waals surface area contributed by atoms with E-state index in [4.69, 9.17) is 24.1 Å². The first kappa shape index (κ1) is 25.1. The number of nitrogens with zero attached hydrogens (tertiary/aromatic N) is 1. The summed E-state index contributed by atoms with van der Waals surface area (Å²) in [5.41, 5.74) is 0.781. The maximum absolute atomic E-state index is 13.1. The molecule has 182 valence electrons. The maximum atomic E-state index is 13.1. The lowest BCUT2D eigenvalue weighted by Gasteiger charge is -2.26. The van der Waals surface area contributed by atoms with Crippen LogP contribution in [0.15, 0.2) is 48.0 Å². The van der Waals surface area contributed by atoms with Crippen LogP contribution in [0.3, 0.4) is 0 Å². The molecule has 1 fully saturated rings. The van der Waals surface area contributed by atoms with Gasteiger partial charge in [-0.2, -0.15) is 0 Å². The van der Waals surface area contributed by atoms with Crippen LogP contribution < -0.4 is 14.2 Å². The van der Waals surface area contributed by atoms with E-state index in [9.17, 15) is 14.7 Å². The number of aliphatic hydroxyl groups is 2. The van der Waals surface area contributed by atoms with E-state index >= 15 is 0 Å². The van der Waals surface area contributed by atoms with Crippen LogP contribution >= 0.6 is 0 Å². The number of hydrogen-bond donors (Lipinski definition) is 2. The summed E-state index contributed by atoms with van der Waals surface area (Å²) in [6.07, 6.45) is 0. The molecule has 2 N–H and O–H groups in total. The first-order valence-electron chi connectivity index (χ1n) is 10.9. The summed E-state index contributed by atoms with van der Waals surface area (Å²) < 4.78 is 21.6. The zero-order chi connectivity index (χ0) is 24.7. The van der Waals surface area contributed by atoms with Crippen LogP contribution in [0, 0.1) is 0 Å². The molecule has 0 radical (unpaired) electrons. The number of rotatable bonds is 11. The van der Waals surface area contributed by atoms with Crippen LogP contribution in [0.2, 0.25) is 0 Å². The Balaban J connectivity index is 2.13. The van der Waals surface area contributed by atoms with Crippen molar-refractivity contribution in [2.45, 2.75) is 13.0 Å². The zero-order valence-corrected chi connectivity index (χ0v) is 19.4. The average Bonchev–Trinajstić information content (AvgIpc) is 3.11. The maximum Gasteiger partial charge on any atom is 0.295 e. The molecule has 9 nitrogen and oxygen atoms in total. The van der Waals surface area contributed by atoms with Gasteiger partial charge in [-0.3, -0.25) is 9.59 Å². The van der Waals surface area contributed by atoms with Crippen LogP contribution in [-0.2, 0) is 14.3 Å². The predicted molar refractivity (Wildman–Crippen MR) is 124 cm³/mol. The first-order chi connectivity index (χ1) is 16.5. The number of hydrogen-bond acceptors (Lipinski definition) is 8. The Hall–Kier alpha value is -3.56. The third kappa shape index (κ3) is 5.16. The fraction of sp³-hybridized carbons (Fsp3) is 0.360. The van der Waals surface area contributed by atoms with E-state index in [1.54, 1.807) is 42.5 Å². The minimum absolute atomic E-state index is 0.0651. The molecule has 1 heterocycles. The number of likely N-dealkylation sites (tertiary alicyclic amines) is 1. The van der Waals surface area contributed by atoms with Gasteiger partial charge in [0.25, 0.3) is 11.7 Å². The smallest absolute Gasteiger partial charge is 0.295 e. The second-order valence-corrected chi connectivity index (χ2v) is 7.39. The number of benzene rings is 2. The molecule has 1 aliphatic heterocycles. The van der Waals surface area contributed by atoms with Crippen LogP contribution in [0.25, 0.3) is 5.76 Å². The molecule has 1 saturated heterocycles. The molecule has 1 atom stereocenters. The minimum Gasteiger partial charge on any atom is -0.507 e. The normalized spacial score (nSPS) is 17.2. The van der Waals surface area contributed by atoms with E-state index < -0.39 is 17.7 Å². The third-order valence-electron chi connectivity index (χ3n) is 5.42. The van der Waals surface area contributed by atoms with E-state index in [0.29, 0.717) is 35.0 Å². The zero-order valence-electron chi connectivity index (χ0n) is 19.4. The summed E-state index contributed by atoms with van der Waals surface area (Å²) >= 11 is 0. The Morgan fingerprint density at radius 3 is 2.32 bits per heavy atom. The van der Waals surface area contributed by atoms with Crippen molar-refractivity contribution < 1.29 is 38.7 Å². The Morgan fingerprint density at radius 2 is 1.71 bits per heavy atom. The van der Waals surface area contributed by atoms with Gasteiger partial charge in [0.05, 0.1) is 52.3 Å². The largest absolute Gasteiger partial charge is 0.507 e. The number of carbonyl (C=O) groups excluding carboxylic acids is 2. The summed E-state index contributed by atoms with van der Waals surface area (Å²) in [5.74, 6) is -0.356. The highest BCUT2D eigenvalue weighted by atomic mass is 16.5. The topological polar surface area (TPSA) is 115 Å². The molecule has 0 aromatic heterocycles. The molecular formula is C25H29NO8. The number of aliphatic hydroxyl groups excluding tert-OH is 2. The van der Waals surface area contributed by atoms with Crippen molar-refractivity contribution in [2.75, 3.05) is 47.2 Å². The highest BCUT2D eigenvalue weighted by molar-refractivity contribution is 6.46.